The molecule has 0 spiro atoms. The molecule has 1 aliphatic rings. The van der Waals surface area contributed by atoms with Gasteiger partial charge >= 0.3 is 0 Å². The van der Waals surface area contributed by atoms with Crippen LogP contribution in [0.4, 0.5) is 11.6 Å². The summed E-state index contributed by atoms with van der Waals surface area (Å²) in [5, 5.41) is 7.80. The Kier molecular flexibility index (Phi) is 4.75. The standard InChI is InChI=1S/C18H21BN6O/c1-26-12-14-5-3-7-24(14)17-8-16(21-10-13-4-2-6-20-9-13)25-18(23-17)15(19)11-22-25/h2,4,6,8-9,11,14,21H,3,5,7,10,12H2,1H3/t14-/m1/s1. The van der Waals surface area contributed by atoms with Gasteiger partial charge in [0.15, 0.2) is 5.65 Å². The average molecular weight is 348 g/mol. The molecular weight excluding hydrogens is 327 g/mol. The van der Waals surface area contributed by atoms with Crippen molar-refractivity contribution in [3.63, 3.8) is 0 Å². The number of hydrogen-bond donors (Lipinski definition) is 1. The van der Waals surface area contributed by atoms with Gasteiger partial charge < -0.3 is 15.0 Å². The van der Waals surface area contributed by atoms with Crippen molar-refractivity contribution in [3.8, 4) is 0 Å². The van der Waals surface area contributed by atoms with Gasteiger partial charge in [0.1, 0.15) is 19.5 Å². The molecule has 0 saturated carbocycles. The molecule has 0 bridgehead atoms. The topological polar surface area (TPSA) is 67.6 Å². The Morgan fingerprint density at radius 2 is 2.31 bits per heavy atom. The summed E-state index contributed by atoms with van der Waals surface area (Å²) in [5.41, 5.74) is 2.33. The maximum absolute atomic E-state index is 6.09. The molecule has 0 aliphatic carbocycles. The van der Waals surface area contributed by atoms with Crippen molar-refractivity contribution in [3.05, 3.63) is 42.4 Å². The first kappa shape index (κ1) is 16.8. The largest absolute Gasteiger partial charge is 0.383 e. The first-order valence-electron chi connectivity index (χ1n) is 8.79. The number of aromatic nitrogens is 4. The minimum absolute atomic E-state index is 0.338. The Labute approximate surface area is 153 Å². The molecule has 1 atom stereocenters. The summed E-state index contributed by atoms with van der Waals surface area (Å²) >= 11 is 0. The van der Waals surface area contributed by atoms with E-state index in [4.69, 9.17) is 17.6 Å². The van der Waals surface area contributed by atoms with E-state index >= 15 is 0 Å². The first-order valence-corrected chi connectivity index (χ1v) is 8.79. The van der Waals surface area contributed by atoms with E-state index in [1.165, 1.54) is 0 Å². The monoisotopic (exact) mass is 348 g/mol. The second kappa shape index (κ2) is 7.33. The van der Waals surface area contributed by atoms with Crippen LogP contribution in [-0.2, 0) is 11.3 Å². The van der Waals surface area contributed by atoms with Crippen LogP contribution in [0.5, 0.6) is 0 Å². The first-order chi connectivity index (χ1) is 12.8. The lowest BCUT2D eigenvalue weighted by Gasteiger charge is -2.26. The lowest BCUT2D eigenvalue weighted by atomic mass is 10.0. The summed E-state index contributed by atoms with van der Waals surface area (Å²) < 4.78 is 7.12. The van der Waals surface area contributed by atoms with Crippen LogP contribution in [0.15, 0.2) is 36.8 Å². The number of anilines is 2. The molecule has 3 aromatic rings. The molecule has 2 radical (unpaired) electrons. The minimum atomic E-state index is 0.338. The van der Waals surface area contributed by atoms with Crippen molar-refractivity contribution in [2.24, 2.45) is 0 Å². The van der Waals surface area contributed by atoms with E-state index < -0.39 is 0 Å². The molecule has 0 aromatic carbocycles. The third kappa shape index (κ3) is 3.24. The van der Waals surface area contributed by atoms with Gasteiger partial charge in [0.25, 0.3) is 0 Å². The molecule has 0 amide bonds. The van der Waals surface area contributed by atoms with Crippen LogP contribution < -0.4 is 15.7 Å². The Morgan fingerprint density at radius 1 is 1.38 bits per heavy atom. The maximum Gasteiger partial charge on any atom is 0.152 e. The fraction of sp³-hybridized carbons (Fsp3) is 0.389. The quantitative estimate of drug-likeness (QED) is 0.674. The molecule has 1 N–H and O–H groups in total. The van der Waals surface area contributed by atoms with Crippen LogP contribution in [0.3, 0.4) is 0 Å². The van der Waals surface area contributed by atoms with Crippen molar-refractivity contribution in [2.75, 3.05) is 30.5 Å². The van der Waals surface area contributed by atoms with Crippen LogP contribution in [0.2, 0.25) is 0 Å². The van der Waals surface area contributed by atoms with E-state index in [1.54, 1.807) is 24.0 Å². The van der Waals surface area contributed by atoms with Gasteiger partial charge in [-0.1, -0.05) is 6.07 Å². The lowest BCUT2D eigenvalue weighted by molar-refractivity contribution is 0.180. The van der Waals surface area contributed by atoms with Gasteiger partial charge in [-0.25, -0.2) is 4.98 Å². The Balaban J connectivity index is 1.67. The van der Waals surface area contributed by atoms with Crippen molar-refractivity contribution in [1.82, 2.24) is 19.6 Å². The maximum atomic E-state index is 6.09. The number of nitrogens with zero attached hydrogens (tertiary/aromatic N) is 5. The fourth-order valence-electron chi connectivity index (χ4n) is 3.44. The summed E-state index contributed by atoms with van der Waals surface area (Å²) in [6.07, 6.45) is 7.49. The third-order valence-electron chi connectivity index (χ3n) is 4.71. The van der Waals surface area contributed by atoms with Gasteiger partial charge in [-0.3, -0.25) is 4.98 Å². The number of pyridine rings is 1. The van der Waals surface area contributed by atoms with Crippen LogP contribution in [0.25, 0.3) is 5.65 Å². The van der Waals surface area contributed by atoms with Gasteiger partial charge in [-0.2, -0.15) is 9.61 Å². The molecule has 26 heavy (non-hydrogen) atoms. The molecule has 1 fully saturated rings. The van der Waals surface area contributed by atoms with E-state index in [2.05, 4.69) is 20.3 Å². The van der Waals surface area contributed by atoms with Gasteiger partial charge in [0, 0.05) is 44.9 Å². The zero-order chi connectivity index (χ0) is 17.9. The van der Waals surface area contributed by atoms with E-state index in [0.717, 1.165) is 36.6 Å². The number of ether oxygens (including phenoxy) is 1. The highest BCUT2D eigenvalue weighted by atomic mass is 16.5. The van der Waals surface area contributed by atoms with Gasteiger partial charge in [0.05, 0.1) is 12.6 Å². The second-order valence-electron chi connectivity index (χ2n) is 6.49. The Hall–Kier alpha value is -2.61. The number of fused-ring (bicyclic) bond motifs is 1. The van der Waals surface area contributed by atoms with Gasteiger partial charge in [-0.05, 0) is 29.9 Å². The van der Waals surface area contributed by atoms with E-state index in [1.807, 2.05) is 24.4 Å². The summed E-state index contributed by atoms with van der Waals surface area (Å²) in [6.45, 7) is 2.31. The van der Waals surface area contributed by atoms with E-state index in [-0.39, 0.29) is 0 Å². The molecular formula is C18H21BN6O. The molecule has 3 aromatic heterocycles. The van der Waals surface area contributed by atoms with Crippen LogP contribution >= 0.6 is 0 Å². The minimum Gasteiger partial charge on any atom is -0.383 e. The van der Waals surface area contributed by atoms with Crippen LogP contribution in [0.1, 0.15) is 18.4 Å². The van der Waals surface area contributed by atoms with Crippen molar-refractivity contribution < 1.29 is 4.74 Å². The number of methoxy groups -OCH3 is 1. The Morgan fingerprint density at radius 3 is 3.12 bits per heavy atom. The van der Waals surface area contributed by atoms with Crippen LogP contribution in [-0.4, -0.2) is 53.7 Å². The number of nitrogens with one attached hydrogen (secondary N) is 1. The molecule has 1 saturated heterocycles. The van der Waals surface area contributed by atoms with Crippen molar-refractivity contribution in [1.29, 1.82) is 0 Å². The van der Waals surface area contributed by atoms with Crippen molar-refractivity contribution in [2.45, 2.75) is 25.4 Å². The predicted molar refractivity (Wildman–Crippen MR) is 102 cm³/mol. The number of hydrogen-bond acceptors (Lipinski definition) is 6. The molecule has 132 valence electrons. The normalized spacial score (nSPS) is 17.1. The highest BCUT2D eigenvalue weighted by Gasteiger charge is 2.26. The fourth-order valence-corrected chi connectivity index (χ4v) is 3.44. The predicted octanol–water partition coefficient (Wildman–Crippen LogP) is 1.15. The molecule has 1 aliphatic heterocycles. The number of rotatable bonds is 6. The third-order valence-corrected chi connectivity index (χ3v) is 4.71. The highest BCUT2D eigenvalue weighted by molar-refractivity contribution is 6.36. The molecule has 7 nitrogen and oxygen atoms in total. The van der Waals surface area contributed by atoms with E-state index in [9.17, 15) is 0 Å². The summed E-state index contributed by atoms with van der Waals surface area (Å²) in [5.74, 6) is 1.76. The molecule has 4 heterocycles. The molecule has 0 unspecified atom stereocenters. The summed E-state index contributed by atoms with van der Waals surface area (Å²) in [4.78, 5) is 11.2. The summed E-state index contributed by atoms with van der Waals surface area (Å²) in [7, 11) is 7.83. The van der Waals surface area contributed by atoms with E-state index in [0.29, 0.717) is 30.3 Å². The van der Waals surface area contributed by atoms with Gasteiger partial charge in [-0.15, -0.1) is 0 Å². The average Bonchev–Trinajstić information content (AvgIpc) is 3.28. The zero-order valence-corrected chi connectivity index (χ0v) is 14.8. The molecule has 8 heteroatoms. The van der Waals surface area contributed by atoms with Crippen LogP contribution in [0, 0.1) is 0 Å². The summed E-state index contributed by atoms with van der Waals surface area (Å²) in [6, 6.07) is 6.33. The highest BCUT2D eigenvalue weighted by Crippen LogP contribution is 2.27. The van der Waals surface area contributed by atoms with Gasteiger partial charge in [0.2, 0.25) is 0 Å². The lowest BCUT2D eigenvalue weighted by Crippen LogP contribution is -2.33. The second-order valence-corrected chi connectivity index (χ2v) is 6.49. The van der Waals surface area contributed by atoms with Crippen molar-refractivity contribution >= 4 is 30.6 Å². The smallest absolute Gasteiger partial charge is 0.152 e. The molecule has 4 rings (SSSR count). The zero-order valence-electron chi connectivity index (χ0n) is 14.8. The Bertz CT molecular complexity index is 884. The SMILES string of the molecule is [B]c1cnn2c(NCc3cccnc3)cc(N3CCC[C@@H]3COC)nc12.